The third-order valence-corrected chi connectivity index (χ3v) is 3.72. The largest absolute Gasteiger partial charge is 0.481 e. The smallest absolute Gasteiger partial charge is 0.313 e. The number of nitro groups is 1. The molecule has 20 heavy (non-hydrogen) atoms. The topological polar surface area (TPSA) is 115 Å². The minimum atomic E-state index is -1.15. The standard InChI is InChI=1S/C11H12BrN3O5/c1-11(10(16)17)5-20-4-8(11)14-9-7(15(18)19)2-6(12)3-13-9/h2-3,8H,4-5H2,1H3,(H,13,14)(H,16,17). The van der Waals surface area contributed by atoms with Gasteiger partial charge in [-0.2, -0.15) is 0 Å². The van der Waals surface area contributed by atoms with Gasteiger partial charge >= 0.3 is 11.7 Å². The molecule has 0 amide bonds. The van der Waals surface area contributed by atoms with Gasteiger partial charge in [-0.15, -0.1) is 0 Å². The number of aromatic nitrogens is 1. The number of anilines is 1. The first-order valence-corrected chi connectivity index (χ1v) is 6.51. The van der Waals surface area contributed by atoms with Crippen molar-refractivity contribution < 1.29 is 19.6 Å². The van der Waals surface area contributed by atoms with Crippen molar-refractivity contribution in [2.24, 2.45) is 5.41 Å². The van der Waals surface area contributed by atoms with E-state index in [9.17, 15) is 20.0 Å². The Labute approximate surface area is 122 Å². The zero-order valence-electron chi connectivity index (χ0n) is 10.5. The quantitative estimate of drug-likeness (QED) is 0.629. The Morgan fingerprint density at radius 2 is 2.45 bits per heavy atom. The van der Waals surface area contributed by atoms with Crippen molar-refractivity contribution in [3.8, 4) is 0 Å². The lowest BCUT2D eigenvalue weighted by Crippen LogP contribution is -2.43. The van der Waals surface area contributed by atoms with Gasteiger partial charge < -0.3 is 15.2 Å². The number of hydrogen-bond acceptors (Lipinski definition) is 6. The number of carboxylic acids is 1. The Hall–Kier alpha value is -1.74. The number of pyridine rings is 1. The Morgan fingerprint density at radius 3 is 3.05 bits per heavy atom. The maximum Gasteiger partial charge on any atom is 0.313 e. The second-order valence-electron chi connectivity index (χ2n) is 4.71. The Balaban J connectivity index is 2.31. The molecule has 2 rings (SSSR count). The van der Waals surface area contributed by atoms with Crippen molar-refractivity contribution in [2.45, 2.75) is 13.0 Å². The van der Waals surface area contributed by atoms with Gasteiger partial charge in [-0.1, -0.05) is 0 Å². The minimum absolute atomic E-state index is 0.0289. The van der Waals surface area contributed by atoms with E-state index in [-0.39, 0.29) is 24.7 Å². The van der Waals surface area contributed by atoms with Gasteiger partial charge in [-0.25, -0.2) is 4.98 Å². The number of hydrogen-bond donors (Lipinski definition) is 2. The first-order chi connectivity index (χ1) is 9.34. The van der Waals surface area contributed by atoms with Crippen LogP contribution in [0.2, 0.25) is 0 Å². The van der Waals surface area contributed by atoms with Crippen LogP contribution in [-0.4, -0.2) is 40.2 Å². The lowest BCUT2D eigenvalue weighted by atomic mass is 9.85. The predicted molar refractivity (Wildman–Crippen MR) is 72.6 cm³/mol. The lowest BCUT2D eigenvalue weighted by molar-refractivity contribution is -0.384. The highest BCUT2D eigenvalue weighted by atomic mass is 79.9. The molecule has 0 spiro atoms. The lowest BCUT2D eigenvalue weighted by Gasteiger charge is -2.25. The summed E-state index contributed by atoms with van der Waals surface area (Å²) in [7, 11) is 0. The molecule has 0 bridgehead atoms. The first kappa shape index (κ1) is 14.7. The molecule has 108 valence electrons. The van der Waals surface area contributed by atoms with Crippen molar-refractivity contribution in [3.05, 3.63) is 26.9 Å². The zero-order valence-corrected chi connectivity index (χ0v) is 12.1. The minimum Gasteiger partial charge on any atom is -0.481 e. The number of rotatable bonds is 4. The normalized spacial score (nSPS) is 25.4. The molecular formula is C11H12BrN3O5. The van der Waals surface area contributed by atoms with Gasteiger partial charge in [-0.05, 0) is 22.9 Å². The van der Waals surface area contributed by atoms with Crippen molar-refractivity contribution in [3.63, 3.8) is 0 Å². The first-order valence-electron chi connectivity index (χ1n) is 5.72. The van der Waals surface area contributed by atoms with Gasteiger partial charge in [0.05, 0.1) is 24.2 Å². The van der Waals surface area contributed by atoms with Gasteiger partial charge in [0.15, 0.2) is 0 Å². The number of carboxylic acid groups (broad SMARTS) is 1. The summed E-state index contributed by atoms with van der Waals surface area (Å²) in [6, 6.07) is 0.718. The van der Waals surface area contributed by atoms with E-state index in [2.05, 4.69) is 26.2 Å². The molecule has 1 aliphatic heterocycles. The van der Waals surface area contributed by atoms with E-state index in [4.69, 9.17) is 4.74 Å². The molecule has 0 aliphatic carbocycles. The Kier molecular flexibility index (Phi) is 3.91. The molecule has 8 nitrogen and oxygen atoms in total. The van der Waals surface area contributed by atoms with Crippen LogP contribution in [0.25, 0.3) is 0 Å². The van der Waals surface area contributed by atoms with E-state index in [0.29, 0.717) is 4.47 Å². The monoisotopic (exact) mass is 345 g/mol. The number of halogens is 1. The molecule has 9 heteroatoms. The van der Waals surface area contributed by atoms with Crippen molar-refractivity contribution in [2.75, 3.05) is 18.5 Å². The van der Waals surface area contributed by atoms with Gasteiger partial charge in [0.25, 0.3) is 0 Å². The molecule has 2 unspecified atom stereocenters. The summed E-state index contributed by atoms with van der Waals surface area (Å²) in [6.07, 6.45) is 1.41. The molecule has 0 saturated carbocycles. The van der Waals surface area contributed by atoms with E-state index in [1.165, 1.54) is 19.2 Å². The van der Waals surface area contributed by atoms with E-state index in [1.54, 1.807) is 0 Å². The highest BCUT2D eigenvalue weighted by molar-refractivity contribution is 9.10. The molecule has 1 aromatic rings. The maximum atomic E-state index is 11.3. The molecular weight excluding hydrogens is 334 g/mol. The van der Waals surface area contributed by atoms with Gasteiger partial charge in [-0.3, -0.25) is 14.9 Å². The number of aliphatic carboxylic acids is 1. The number of carbonyl (C=O) groups is 1. The van der Waals surface area contributed by atoms with Gasteiger partial charge in [0.2, 0.25) is 5.82 Å². The summed E-state index contributed by atoms with van der Waals surface area (Å²) in [4.78, 5) is 25.7. The molecule has 0 radical (unpaired) electrons. The SMILES string of the molecule is CC1(C(=O)O)COCC1Nc1ncc(Br)cc1[N+](=O)[O-]. The van der Waals surface area contributed by atoms with Crippen LogP contribution in [0.5, 0.6) is 0 Å². The van der Waals surface area contributed by atoms with E-state index in [0.717, 1.165) is 0 Å². The molecule has 0 aromatic carbocycles. The number of nitrogens with zero attached hydrogens (tertiary/aromatic N) is 2. The van der Waals surface area contributed by atoms with Crippen LogP contribution in [0.3, 0.4) is 0 Å². The highest BCUT2D eigenvalue weighted by Gasteiger charge is 2.47. The van der Waals surface area contributed by atoms with Crippen LogP contribution in [0, 0.1) is 15.5 Å². The van der Waals surface area contributed by atoms with Crippen LogP contribution in [0.4, 0.5) is 11.5 Å². The second-order valence-corrected chi connectivity index (χ2v) is 5.63. The van der Waals surface area contributed by atoms with Crippen LogP contribution in [0.1, 0.15) is 6.92 Å². The zero-order chi connectivity index (χ0) is 14.9. The fraction of sp³-hybridized carbons (Fsp3) is 0.455. The van der Waals surface area contributed by atoms with Crippen LogP contribution >= 0.6 is 15.9 Å². The third-order valence-electron chi connectivity index (χ3n) is 3.29. The van der Waals surface area contributed by atoms with E-state index < -0.39 is 22.3 Å². The molecule has 1 aromatic heterocycles. The predicted octanol–water partition coefficient (Wildman–Crippen LogP) is 1.65. The van der Waals surface area contributed by atoms with Crippen LogP contribution in [-0.2, 0) is 9.53 Å². The van der Waals surface area contributed by atoms with Gasteiger partial charge in [0, 0.05) is 16.7 Å². The summed E-state index contributed by atoms with van der Waals surface area (Å²) in [5, 5.41) is 23.1. The maximum absolute atomic E-state index is 11.3. The molecule has 2 atom stereocenters. The Morgan fingerprint density at radius 1 is 1.75 bits per heavy atom. The second kappa shape index (κ2) is 5.33. The molecule has 2 N–H and O–H groups in total. The fourth-order valence-electron chi connectivity index (χ4n) is 1.93. The van der Waals surface area contributed by atoms with Crippen LogP contribution < -0.4 is 5.32 Å². The number of ether oxygens (including phenoxy) is 1. The van der Waals surface area contributed by atoms with Crippen molar-refractivity contribution >= 4 is 33.4 Å². The molecule has 2 heterocycles. The summed E-state index contributed by atoms with van der Waals surface area (Å²) in [5.41, 5.74) is -1.37. The Bertz CT molecular complexity index is 567. The average molecular weight is 346 g/mol. The molecule has 1 saturated heterocycles. The van der Waals surface area contributed by atoms with Crippen molar-refractivity contribution in [1.29, 1.82) is 0 Å². The van der Waals surface area contributed by atoms with E-state index in [1.807, 2.05) is 0 Å². The highest BCUT2D eigenvalue weighted by Crippen LogP contribution is 2.33. The third kappa shape index (κ3) is 2.59. The summed E-state index contributed by atoms with van der Waals surface area (Å²) >= 11 is 3.11. The average Bonchev–Trinajstić information content (AvgIpc) is 2.74. The van der Waals surface area contributed by atoms with Crippen molar-refractivity contribution in [1.82, 2.24) is 4.98 Å². The molecule has 1 fully saturated rings. The van der Waals surface area contributed by atoms with E-state index >= 15 is 0 Å². The summed E-state index contributed by atoms with van der Waals surface area (Å²) in [6.45, 7) is 1.73. The molecule has 1 aliphatic rings. The number of nitrogens with one attached hydrogen (secondary N) is 1. The van der Waals surface area contributed by atoms with Crippen LogP contribution in [0.15, 0.2) is 16.7 Å². The van der Waals surface area contributed by atoms with Gasteiger partial charge in [0.1, 0.15) is 5.41 Å². The summed E-state index contributed by atoms with van der Waals surface area (Å²) < 4.78 is 5.65. The summed E-state index contributed by atoms with van der Waals surface area (Å²) in [5.74, 6) is -0.992. The fourth-order valence-corrected chi connectivity index (χ4v) is 2.25.